The van der Waals surface area contributed by atoms with Crippen molar-refractivity contribution in [3.63, 3.8) is 0 Å². The van der Waals surface area contributed by atoms with Crippen molar-refractivity contribution in [1.82, 2.24) is 5.32 Å². The van der Waals surface area contributed by atoms with Crippen molar-refractivity contribution in [2.75, 3.05) is 12.3 Å². The first-order chi connectivity index (χ1) is 8.92. The number of aryl methyl sites for hydroxylation is 1. The monoisotopic (exact) mass is 299 g/mol. The zero-order chi connectivity index (χ0) is 14.0. The number of fused-ring (bicyclic) bond motifs is 1. The predicted molar refractivity (Wildman–Crippen MR) is 77.6 cm³/mol. The Balaban J connectivity index is 2.01. The van der Waals surface area contributed by atoms with Crippen LogP contribution < -0.4 is 5.32 Å². The Bertz CT molecular complexity index is 496. The molecule has 1 aromatic heterocycles. The molecule has 0 spiro atoms. The zero-order valence-electron chi connectivity index (χ0n) is 10.9. The molecule has 0 aliphatic carbocycles. The molecule has 6 heteroatoms. The summed E-state index contributed by atoms with van der Waals surface area (Å²) >= 11 is 3.31. The van der Waals surface area contributed by atoms with Gasteiger partial charge in [0.2, 0.25) is 5.91 Å². The van der Waals surface area contributed by atoms with E-state index < -0.39 is 11.4 Å². The summed E-state index contributed by atoms with van der Waals surface area (Å²) in [4.78, 5) is 24.5. The Morgan fingerprint density at radius 3 is 2.95 bits per heavy atom. The summed E-state index contributed by atoms with van der Waals surface area (Å²) in [6.07, 6.45) is 1.02. The number of carboxylic acid groups (broad SMARTS) is 1. The molecule has 4 nitrogen and oxygen atoms in total. The van der Waals surface area contributed by atoms with Gasteiger partial charge in [-0.1, -0.05) is 0 Å². The van der Waals surface area contributed by atoms with Gasteiger partial charge in [0.1, 0.15) is 5.25 Å². The second-order valence-corrected chi connectivity index (χ2v) is 7.42. The molecule has 0 saturated heterocycles. The number of amides is 1. The van der Waals surface area contributed by atoms with Crippen LogP contribution in [0.4, 0.5) is 0 Å². The van der Waals surface area contributed by atoms with Crippen molar-refractivity contribution in [2.24, 2.45) is 5.41 Å². The first-order valence-corrected chi connectivity index (χ1v) is 8.03. The van der Waals surface area contributed by atoms with E-state index in [0.717, 1.165) is 17.7 Å². The van der Waals surface area contributed by atoms with Gasteiger partial charge in [-0.05, 0) is 43.0 Å². The molecular weight excluding hydrogens is 282 g/mol. The largest absolute Gasteiger partial charge is 0.481 e. The standard InChI is InChI=1S/C13H17NO3S2/c1-13(2,12(16)17)7-14-11(15)10-8-3-5-18-9(8)4-6-19-10/h3,5,10H,4,6-7H2,1-2H3,(H,14,15)(H,16,17). The molecule has 0 radical (unpaired) electrons. The molecule has 0 aromatic carbocycles. The molecule has 0 saturated carbocycles. The molecule has 2 heterocycles. The van der Waals surface area contributed by atoms with Crippen LogP contribution in [0, 0.1) is 5.41 Å². The average Bonchev–Trinajstić information content (AvgIpc) is 2.83. The normalized spacial score (nSPS) is 18.7. The van der Waals surface area contributed by atoms with E-state index in [1.807, 2.05) is 11.4 Å². The van der Waals surface area contributed by atoms with E-state index in [2.05, 4.69) is 5.32 Å². The smallest absolute Gasteiger partial charge is 0.310 e. The summed E-state index contributed by atoms with van der Waals surface area (Å²) in [5, 5.41) is 13.6. The first kappa shape index (κ1) is 14.4. The van der Waals surface area contributed by atoms with E-state index in [4.69, 9.17) is 5.11 Å². The van der Waals surface area contributed by atoms with Crippen LogP contribution in [0.25, 0.3) is 0 Å². The van der Waals surface area contributed by atoms with Crippen LogP contribution in [-0.4, -0.2) is 29.3 Å². The molecule has 0 bridgehead atoms. The lowest BCUT2D eigenvalue weighted by Gasteiger charge is -2.24. The van der Waals surface area contributed by atoms with Gasteiger partial charge in [-0.25, -0.2) is 0 Å². The van der Waals surface area contributed by atoms with Crippen molar-refractivity contribution >= 4 is 35.0 Å². The Morgan fingerprint density at radius 2 is 2.26 bits per heavy atom. The molecule has 0 fully saturated rings. The Hall–Kier alpha value is -1.01. The SMILES string of the molecule is CC(C)(CNC(=O)C1SCCc2sccc21)C(=O)O. The molecule has 2 rings (SSSR count). The number of hydrogen-bond acceptors (Lipinski definition) is 4. The van der Waals surface area contributed by atoms with Crippen molar-refractivity contribution in [2.45, 2.75) is 25.5 Å². The summed E-state index contributed by atoms with van der Waals surface area (Å²) in [6.45, 7) is 3.37. The van der Waals surface area contributed by atoms with Gasteiger partial charge < -0.3 is 10.4 Å². The molecule has 1 atom stereocenters. The maximum Gasteiger partial charge on any atom is 0.310 e. The number of carbonyl (C=O) groups excluding carboxylic acids is 1. The third kappa shape index (κ3) is 3.12. The fourth-order valence-corrected chi connectivity index (χ4v) is 4.16. The number of thioether (sulfide) groups is 1. The van der Waals surface area contributed by atoms with Crippen LogP contribution in [0.1, 0.15) is 29.5 Å². The fourth-order valence-electron chi connectivity index (χ4n) is 1.84. The van der Waals surface area contributed by atoms with E-state index >= 15 is 0 Å². The van der Waals surface area contributed by atoms with Gasteiger partial charge in [-0.3, -0.25) is 9.59 Å². The number of rotatable bonds is 4. The van der Waals surface area contributed by atoms with Crippen molar-refractivity contribution in [3.05, 3.63) is 21.9 Å². The average molecular weight is 299 g/mol. The molecule has 1 aliphatic rings. The summed E-state index contributed by atoms with van der Waals surface area (Å²) in [6, 6.07) is 2.00. The van der Waals surface area contributed by atoms with Gasteiger partial charge in [0.25, 0.3) is 0 Å². The molecule has 19 heavy (non-hydrogen) atoms. The highest BCUT2D eigenvalue weighted by Gasteiger charge is 2.31. The molecule has 1 unspecified atom stereocenters. The van der Waals surface area contributed by atoms with Crippen molar-refractivity contribution in [1.29, 1.82) is 0 Å². The van der Waals surface area contributed by atoms with E-state index in [-0.39, 0.29) is 17.7 Å². The van der Waals surface area contributed by atoms with Gasteiger partial charge in [-0.2, -0.15) is 0 Å². The Kier molecular flexibility index (Phi) is 4.20. The highest BCUT2D eigenvalue weighted by Crippen LogP contribution is 2.39. The molecule has 2 N–H and O–H groups in total. The third-order valence-electron chi connectivity index (χ3n) is 3.20. The third-order valence-corrected chi connectivity index (χ3v) is 5.44. The maximum absolute atomic E-state index is 12.2. The van der Waals surface area contributed by atoms with Gasteiger partial charge in [0, 0.05) is 11.4 Å². The summed E-state index contributed by atoms with van der Waals surface area (Å²) < 4.78 is 0. The second kappa shape index (κ2) is 5.54. The quantitative estimate of drug-likeness (QED) is 0.895. The van der Waals surface area contributed by atoms with Crippen molar-refractivity contribution < 1.29 is 14.7 Å². The number of nitrogens with one attached hydrogen (secondary N) is 1. The lowest BCUT2D eigenvalue weighted by Crippen LogP contribution is -2.40. The Morgan fingerprint density at radius 1 is 1.53 bits per heavy atom. The van der Waals surface area contributed by atoms with Crippen LogP contribution in [0.15, 0.2) is 11.4 Å². The number of carboxylic acids is 1. The maximum atomic E-state index is 12.2. The highest BCUT2D eigenvalue weighted by atomic mass is 32.2. The lowest BCUT2D eigenvalue weighted by atomic mass is 9.94. The summed E-state index contributed by atoms with van der Waals surface area (Å²) in [7, 11) is 0. The molecule has 1 aromatic rings. The minimum Gasteiger partial charge on any atom is -0.481 e. The topological polar surface area (TPSA) is 66.4 Å². The van der Waals surface area contributed by atoms with E-state index in [9.17, 15) is 9.59 Å². The highest BCUT2D eigenvalue weighted by molar-refractivity contribution is 8.00. The van der Waals surface area contributed by atoms with Gasteiger partial charge in [0.15, 0.2) is 0 Å². The van der Waals surface area contributed by atoms with Gasteiger partial charge >= 0.3 is 5.97 Å². The number of hydrogen-bond donors (Lipinski definition) is 2. The summed E-state index contributed by atoms with van der Waals surface area (Å²) in [5.74, 6) is -0.0486. The van der Waals surface area contributed by atoms with E-state index in [1.54, 1.807) is 36.9 Å². The zero-order valence-corrected chi connectivity index (χ0v) is 12.6. The summed E-state index contributed by atoms with van der Waals surface area (Å²) in [5.41, 5.74) is 0.152. The number of carbonyl (C=O) groups is 2. The van der Waals surface area contributed by atoms with Crippen LogP contribution >= 0.6 is 23.1 Å². The fraction of sp³-hybridized carbons (Fsp3) is 0.538. The minimum absolute atomic E-state index is 0.0846. The lowest BCUT2D eigenvalue weighted by molar-refractivity contribution is -0.146. The molecular formula is C13H17NO3S2. The van der Waals surface area contributed by atoms with Crippen LogP contribution in [0.5, 0.6) is 0 Å². The first-order valence-electron chi connectivity index (χ1n) is 6.11. The number of aliphatic carboxylic acids is 1. The minimum atomic E-state index is -0.938. The van der Waals surface area contributed by atoms with Crippen LogP contribution in [0.3, 0.4) is 0 Å². The van der Waals surface area contributed by atoms with Gasteiger partial charge in [0.05, 0.1) is 5.41 Å². The molecule has 104 valence electrons. The van der Waals surface area contributed by atoms with E-state index in [1.165, 1.54) is 4.88 Å². The van der Waals surface area contributed by atoms with E-state index in [0.29, 0.717) is 0 Å². The van der Waals surface area contributed by atoms with Crippen molar-refractivity contribution in [3.8, 4) is 0 Å². The molecule has 1 amide bonds. The van der Waals surface area contributed by atoms with Crippen LogP contribution in [-0.2, 0) is 16.0 Å². The predicted octanol–water partition coefficient (Wildman–Crippen LogP) is 2.31. The molecule has 1 aliphatic heterocycles. The van der Waals surface area contributed by atoms with Gasteiger partial charge in [-0.15, -0.1) is 23.1 Å². The Labute approximate surface area is 120 Å². The van der Waals surface area contributed by atoms with Crippen LogP contribution in [0.2, 0.25) is 0 Å². The number of thiophene rings is 1. The second-order valence-electron chi connectivity index (χ2n) is 5.21.